The van der Waals surface area contributed by atoms with Crippen molar-refractivity contribution in [2.75, 3.05) is 16.8 Å². The Morgan fingerprint density at radius 1 is 0.967 bits per heavy atom. The van der Waals surface area contributed by atoms with Gasteiger partial charge in [0.15, 0.2) is 0 Å². The van der Waals surface area contributed by atoms with E-state index in [1.807, 2.05) is 85.5 Å². The van der Waals surface area contributed by atoms with E-state index in [2.05, 4.69) is 10.6 Å². The van der Waals surface area contributed by atoms with Gasteiger partial charge in [0.05, 0.1) is 0 Å². The van der Waals surface area contributed by atoms with Crippen molar-refractivity contribution in [2.24, 2.45) is 0 Å². The Hall–Kier alpha value is -3.60. The normalized spacial score (nSPS) is 12.4. The van der Waals surface area contributed by atoms with Crippen LogP contribution in [0.3, 0.4) is 0 Å². The van der Waals surface area contributed by atoms with Gasteiger partial charge < -0.3 is 15.5 Å². The van der Waals surface area contributed by atoms with Crippen molar-refractivity contribution in [3.05, 3.63) is 94.5 Å². The zero-order valence-electron chi connectivity index (χ0n) is 17.2. The fourth-order valence-corrected chi connectivity index (χ4v) is 3.66. The van der Waals surface area contributed by atoms with Crippen LogP contribution < -0.4 is 15.5 Å². The molecule has 0 saturated carbocycles. The second-order valence-corrected chi connectivity index (χ2v) is 7.66. The van der Waals surface area contributed by atoms with Crippen molar-refractivity contribution >= 4 is 23.3 Å². The Bertz CT molecular complexity index is 1090. The van der Waals surface area contributed by atoms with Gasteiger partial charge >= 0.3 is 6.03 Å². The zero-order chi connectivity index (χ0) is 21.1. The van der Waals surface area contributed by atoms with E-state index in [1.165, 1.54) is 0 Å². The highest BCUT2D eigenvalue weighted by Gasteiger charge is 2.25. The first-order valence-corrected chi connectivity index (χ1v) is 10.1. The number of benzene rings is 3. The number of carbonyl (C=O) groups excluding carboxylic acids is 2. The van der Waals surface area contributed by atoms with E-state index in [-0.39, 0.29) is 11.9 Å². The average Bonchev–Trinajstić information content (AvgIpc) is 3.17. The molecular weight excluding hydrogens is 374 g/mol. The largest absolute Gasteiger partial charge is 0.334 e. The molecule has 3 aromatic carbocycles. The van der Waals surface area contributed by atoms with Crippen LogP contribution in [0.15, 0.2) is 66.7 Å². The monoisotopic (exact) mass is 399 g/mol. The number of nitrogens with one attached hydrogen (secondary N) is 2. The van der Waals surface area contributed by atoms with Gasteiger partial charge in [-0.3, -0.25) is 4.79 Å². The van der Waals surface area contributed by atoms with E-state index in [0.717, 1.165) is 40.0 Å². The fourth-order valence-electron chi connectivity index (χ4n) is 3.66. The van der Waals surface area contributed by atoms with Gasteiger partial charge in [-0.2, -0.15) is 0 Å². The molecule has 152 valence electrons. The Labute approximate surface area is 176 Å². The first-order chi connectivity index (χ1) is 14.5. The first kappa shape index (κ1) is 19.7. The third kappa shape index (κ3) is 4.20. The molecule has 0 atom stereocenters. The van der Waals surface area contributed by atoms with Gasteiger partial charge in [-0.05, 0) is 61.2 Å². The number of amides is 3. The van der Waals surface area contributed by atoms with Crippen molar-refractivity contribution in [3.8, 4) is 0 Å². The van der Waals surface area contributed by atoms with Gasteiger partial charge in [0.2, 0.25) is 0 Å². The SMILES string of the molecule is Cc1ccc(C(=O)N2CCc3ccc(CNC(=O)Nc4ccccc4C)cc32)cc1. The van der Waals surface area contributed by atoms with Crippen molar-refractivity contribution in [1.29, 1.82) is 0 Å². The molecule has 0 aliphatic carbocycles. The summed E-state index contributed by atoms with van der Waals surface area (Å²) < 4.78 is 0. The molecule has 5 heteroatoms. The number of hydrogen-bond donors (Lipinski definition) is 2. The second kappa shape index (κ2) is 8.41. The van der Waals surface area contributed by atoms with Crippen LogP contribution >= 0.6 is 0 Å². The Morgan fingerprint density at radius 3 is 2.50 bits per heavy atom. The minimum absolute atomic E-state index is 0.0103. The van der Waals surface area contributed by atoms with Crippen LogP contribution in [0.5, 0.6) is 0 Å². The summed E-state index contributed by atoms with van der Waals surface area (Å²) in [5, 5.41) is 5.77. The van der Waals surface area contributed by atoms with Gasteiger partial charge in [0.25, 0.3) is 5.91 Å². The zero-order valence-corrected chi connectivity index (χ0v) is 17.2. The van der Waals surface area contributed by atoms with E-state index in [0.29, 0.717) is 18.7 Å². The van der Waals surface area contributed by atoms with Crippen molar-refractivity contribution in [3.63, 3.8) is 0 Å². The number of nitrogens with zero attached hydrogens (tertiary/aromatic N) is 1. The highest BCUT2D eigenvalue weighted by Crippen LogP contribution is 2.30. The maximum absolute atomic E-state index is 13.0. The molecule has 1 aliphatic rings. The number of rotatable bonds is 4. The lowest BCUT2D eigenvalue weighted by Crippen LogP contribution is -2.29. The third-order valence-electron chi connectivity index (χ3n) is 5.44. The number of fused-ring (bicyclic) bond motifs is 1. The Morgan fingerprint density at radius 2 is 1.73 bits per heavy atom. The molecule has 1 aliphatic heterocycles. The number of hydrogen-bond acceptors (Lipinski definition) is 2. The summed E-state index contributed by atoms with van der Waals surface area (Å²) in [6.07, 6.45) is 0.842. The van der Waals surface area contributed by atoms with Gasteiger partial charge in [-0.15, -0.1) is 0 Å². The number of para-hydroxylation sites is 1. The van der Waals surface area contributed by atoms with E-state index in [4.69, 9.17) is 0 Å². The molecule has 30 heavy (non-hydrogen) atoms. The number of aryl methyl sites for hydroxylation is 2. The van der Waals surface area contributed by atoms with Crippen LogP contribution in [-0.2, 0) is 13.0 Å². The van der Waals surface area contributed by atoms with Gasteiger partial charge in [-0.25, -0.2) is 4.79 Å². The minimum atomic E-state index is -0.252. The topological polar surface area (TPSA) is 61.4 Å². The molecule has 0 fully saturated rings. The van der Waals surface area contributed by atoms with Crippen LogP contribution in [0.25, 0.3) is 0 Å². The summed E-state index contributed by atoms with van der Waals surface area (Å²) in [5.74, 6) is 0.0103. The number of anilines is 2. The van der Waals surface area contributed by atoms with Crippen molar-refractivity contribution in [2.45, 2.75) is 26.8 Å². The van der Waals surface area contributed by atoms with E-state index in [9.17, 15) is 9.59 Å². The third-order valence-corrected chi connectivity index (χ3v) is 5.44. The van der Waals surface area contributed by atoms with Crippen LogP contribution in [0.2, 0.25) is 0 Å². The van der Waals surface area contributed by atoms with Crippen LogP contribution in [0, 0.1) is 13.8 Å². The summed E-state index contributed by atoms with van der Waals surface area (Å²) >= 11 is 0. The highest BCUT2D eigenvalue weighted by molar-refractivity contribution is 6.07. The van der Waals surface area contributed by atoms with E-state index < -0.39 is 0 Å². The van der Waals surface area contributed by atoms with Crippen molar-refractivity contribution < 1.29 is 9.59 Å². The van der Waals surface area contributed by atoms with Gasteiger partial charge in [-0.1, -0.05) is 48.0 Å². The lowest BCUT2D eigenvalue weighted by atomic mass is 10.1. The average molecular weight is 399 g/mol. The van der Waals surface area contributed by atoms with Gasteiger partial charge in [0.1, 0.15) is 0 Å². The maximum Gasteiger partial charge on any atom is 0.319 e. The molecule has 3 amide bonds. The Kier molecular flexibility index (Phi) is 5.53. The first-order valence-electron chi connectivity index (χ1n) is 10.1. The molecule has 0 bridgehead atoms. The highest BCUT2D eigenvalue weighted by atomic mass is 16.2. The molecule has 0 saturated heterocycles. The molecule has 0 spiro atoms. The van der Waals surface area contributed by atoms with Crippen molar-refractivity contribution in [1.82, 2.24) is 5.32 Å². The predicted molar refractivity (Wildman–Crippen MR) is 120 cm³/mol. The standard InChI is InChI=1S/C25H25N3O2/c1-17-7-10-21(11-8-17)24(29)28-14-13-20-12-9-19(15-23(20)28)16-26-25(30)27-22-6-4-3-5-18(22)2/h3-12,15H,13-14,16H2,1-2H3,(H2,26,27,30). The molecule has 2 N–H and O–H groups in total. The lowest BCUT2D eigenvalue weighted by Gasteiger charge is -2.18. The molecule has 0 radical (unpaired) electrons. The summed E-state index contributed by atoms with van der Waals surface area (Å²) in [5.41, 5.74) is 6.66. The molecular formula is C25H25N3O2. The van der Waals surface area contributed by atoms with Crippen LogP contribution in [0.4, 0.5) is 16.2 Å². The fraction of sp³-hybridized carbons (Fsp3) is 0.200. The second-order valence-electron chi connectivity index (χ2n) is 7.66. The summed E-state index contributed by atoms with van der Waals surface area (Å²) in [7, 11) is 0. The smallest absolute Gasteiger partial charge is 0.319 e. The summed E-state index contributed by atoms with van der Waals surface area (Å²) in [6, 6.07) is 21.1. The summed E-state index contributed by atoms with van der Waals surface area (Å²) in [4.78, 5) is 27.1. The van der Waals surface area contributed by atoms with Gasteiger partial charge in [0, 0.05) is 30.0 Å². The van der Waals surface area contributed by atoms with E-state index >= 15 is 0 Å². The predicted octanol–water partition coefficient (Wildman–Crippen LogP) is 4.83. The molecule has 3 aromatic rings. The molecule has 1 heterocycles. The number of carbonyl (C=O) groups is 2. The molecule has 5 nitrogen and oxygen atoms in total. The van der Waals surface area contributed by atoms with E-state index in [1.54, 1.807) is 0 Å². The lowest BCUT2D eigenvalue weighted by molar-refractivity contribution is 0.0989. The maximum atomic E-state index is 13.0. The minimum Gasteiger partial charge on any atom is -0.334 e. The molecule has 4 rings (SSSR count). The summed E-state index contributed by atoms with van der Waals surface area (Å²) in [6.45, 7) is 5.02. The Balaban J connectivity index is 1.44. The molecule has 0 unspecified atom stereocenters. The molecule has 0 aromatic heterocycles. The van der Waals surface area contributed by atoms with Crippen LogP contribution in [-0.4, -0.2) is 18.5 Å². The van der Waals surface area contributed by atoms with Crippen LogP contribution in [0.1, 0.15) is 32.6 Å². The quantitative estimate of drug-likeness (QED) is 0.660. The number of urea groups is 1.